The highest BCUT2D eigenvalue weighted by Gasteiger charge is 2.14. The number of fused-ring (bicyclic) bond motifs is 1. The third kappa shape index (κ3) is 2.30. The smallest absolute Gasteiger partial charge is 0.348 e. The molecule has 0 bridgehead atoms. The second-order valence-electron chi connectivity index (χ2n) is 3.32. The zero-order valence-corrected chi connectivity index (χ0v) is 11.9. The average molecular weight is 315 g/mol. The molecule has 0 fully saturated rings. The molecule has 0 atom stereocenters. The molecule has 0 saturated carbocycles. The number of carbonyl (C=O) groups is 1. The Morgan fingerprint density at radius 2 is 2.24 bits per heavy atom. The van der Waals surface area contributed by atoms with Crippen LogP contribution in [0.1, 0.15) is 16.6 Å². The number of benzene rings is 1. The summed E-state index contributed by atoms with van der Waals surface area (Å²) in [5.41, 5.74) is 0. The minimum absolute atomic E-state index is 0.278. The molecule has 0 saturated heterocycles. The zero-order valence-electron chi connectivity index (χ0n) is 9.45. The van der Waals surface area contributed by atoms with Crippen LogP contribution in [0.4, 0.5) is 0 Å². The number of esters is 1. The highest BCUT2D eigenvalue weighted by molar-refractivity contribution is 9.10. The molecule has 0 aliphatic rings. The fourth-order valence-electron chi connectivity index (χ4n) is 1.52. The van der Waals surface area contributed by atoms with Crippen LogP contribution in [0.2, 0.25) is 0 Å². The van der Waals surface area contributed by atoms with Crippen molar-refractivity contribution in [2.45, 2.75) is 6.92 Å². The molecule has 2 aromatic rings. The first-order valence-electron chi connectivity index (χ1n) is 5.10. The van der Waals surface area contributed by atoms with Gasteiger partial charge < -0.3 is 9.47 Å². The Bertz CT molecular complexity index is 562. The molecule has 0 aliphatic heterocycles. The second-order valence-corrected chi connectivity index (χ2v) is 5.20. The maximum Gasteiger partial charge on any atom is 0.348 e. The van der Waals surface area contributed by atoms with Crippen LogP contribution in [0.25, 0.3) is 10.1 Å². The molecule has 3 nitrogen and oxygen atoms in total. The molecule has 0 amide bonds. The van der Waals surface area contributed by atoms with Gasteiger partial charge >= 0.3 is 5.97 Å². The summed E-state index contributed by atoms with van der Waals surface area (Å²) < 4.78 is 12.1. The van der Waals surface area contributed by atoms with Gasteiger partial charge in [0.1, 0.15) is 10.6 Å². The molecule has 1 aromatic carbocycles. The summed E-state index contributed by atoms with van der Waals surface area (Å²) in [6.07, 6.45) is 0. The Kier molecular flexibility index (Phi) is 3.69. The van der Waals surface area contributed by atoms with Gasteiger partial charge in [-0.15, -0.1) is 11.3 Å². The summed E-state index contributed by atoms with van der Waals surface area (Å²) in [5, 5.41) is 0.970. The minimum atomic E-state index is -0.278. The molecule has 1 aromatic heterocycles. The van der Waals surface area contributed by atoms with Crippen LogP contribution in [0.5, 0.6) is 5.75 Å². The SMILES string of the molecule is CCOC(=O)c1cc2c(Br)c(OC)ccc2s1. The molecule has 0 N–H and O–H groups in total. The van der Waals surface area contributed by atoms with Crippen molar-refractivity contribution in [3.63, 3.8) is 0 Å². The fraction of sp³-hybridized carbons (Fsp3) is 0.250. The van der Waals surface area contributed by atoms with Crippen molar-refractivity contribution in [1.82, 2.24) is 0 Å². The van der Waals surface area contributed by atoms with Crippen LogP contribution in [0.3, 0.4) is 0 Å². The van der Waals surface area contributed by atoms with Crippen LogP contribution in [0.15, 0.2) is 22.7 Å². The van der Waals surface area contributed by atoms with E-state index in [0.717, 1.165) is 20.3 Å². The predicted molar refractivity (Wildman–Crippen MR) is 72.0 cm³/mol. The van der Waals surface area contributed by atoms with Crippen molar-refractivity contribution in [3.8, 4) is 5.75 Å². The Hall–Kier alpha value is -1.07. The summed E-state index contributed by atoms with van der Waals surface area (Å²) in [6.45, 7) is 2.18. The highest BCUT2D eigenvalue weighted by Crippen LogP contribution is 2.37. The molecular weight excluding hydrogens is 304 g/mol. The van der Waals surface area contributed by atoms with E-state index in [4.69, 9.17) is 9.47 Å². The van der Waals surface area contributed by atoms with Crippen molar-refractivity contribution < 1.29 is 14.3 Å². The van der Waals surface area contributed by atoms with E-state index in [2.05, 4.69) is 15.9 Å². The van der Waals surface area contributed by atoms with Gasteiger partial charge in [0, 0.05) is 10.1 Å². The number of carbonyl (C=O) groups excluding carboxylic acids is 1. The maximum atomic E-state index is 11.6. The first-order chi connectivity index (χ1) is 8.17. The van der Waals surface area contributed by atoms with Crippen molar-refractivity contribution in [1.29, 1.82) is 0 Å². The van der Waals surface area contributed by atoms with Gasteiger partial charge in [-0.2, -0.15) is 0 Å². The molecule has 5 heteroatoms. The van der Waals surface area contributed by atoms with Gasteiger partial charge in [0.25, 0.3) is 0 Å². The third-order valence-electron chi connectivity index (χ3n) is 2.30. The molecule has 0 aliphatic carbocycles. The zero-order chi connectivity index (χ0) is 12.4. The minimum Gasteiger partial charge on any atom is -0.496 e. The van der Waals surface area contributed by atoms with E-state index in [9.17, 15) is 4.79 Å². The number of methoxy groups -OCH3 is 1. The van der Waals surface area contributed by atoms with Gasteiger partial charge in [-0.1, -0.05) is 0 Å². The lowest BCUT2D eigenvalue weighted by molar-refractivity contribution is 0.0532. The van der Waals surface area contributed by atoms with Crippen LogP contribution in [0, 0.1) is 0 Å². The third-order valence-corrected chi connectivity index (χ3v) is 4.19. The van der Waals surface area contributed by atoms with Gasteiger partial charge in [0.15, 0.2) is 0 Å². The first kappa shape index (κ1) is 12.4. The molecular formula is C12H11BrO3S. The first-order valence-corrected chi connectivity index (χ1v) is 6.71. The summed E-state index contributed by atoms with van der Waals surface area (Å²) >= 11 is 4.89. The van der Waals surface area contributed by atoms with Crippen molar-refractivity contribution in [2.24, 2.45) is 0 Å². The van der Waals surface area contributed by atoms with E-state index in [0.29, 0.717) is 11.5 Å². The fourth-order valence-corrected chi connectivity index (χ4v) is 3.23. The molecule has 90 valence electrons. The molecule has 0 unspecified atom stereocenters. The van der Waals surface area contributed by atoms with E-state index >= 15 is 0 Å². The molecule has 2 rings (SSSR count). The largest absolute Gasteiger partial charge is 0.496 e. The Balaban J connectivity index is 2.50. The summed E-state index contributed by atoms with van der Waals surface area (Å²) in [4.78, 5) is 12.2. The van der Waals surface area contributed by atoms with E-state index in [1.165, 1.54) is 11.3 Å². The molecule has 0 spiro atoms. The summed E-state index contributed by atoms with van der Waals surface area (Å²) in [6, 6.07) is 5.63. The average Bonchev–Trinajstić information content (AvgIpc) is 2.75. The normalized spacial score (nSPS) is 10.5. The van der Waals surface area contributed by atoms with E-state index in [1.807, 2.05) is 18.2 Å². The molecule has 1 heterocycles. The van der Waals surface area contributed by atoms with E-state index in [1.54, 1.807) is 14.0 Å². The van der Waals surface area contributed by atoms with Crippen LogP contribution >= 0.6 is 27.3 Å². The quantitative estimate of drug-likeness (QED) is 0.807. The number of rotatable bonds is 3. The van der Waals surface area contributed by atoms with Gasteiger partial charge in [-0.05, 0) is 41.1 Å². The van der Waals surface area contributed by atoms with E-state index in [-0.39, 0.29) is 5.97 Å². The summed E-state index contributed by atoms with van der Waals surface area (Å²) in [5.74, 6) is 0.477. The van der Waals surface area contributed by atoms with Crippen molar-refractivity contribution in [3.05, 3.63) is 27.5 Å². The van der Waals surface area contributed by atoms with Gasteiger partial charge in [-0.3, -0.25) is 0 Å². The Morgan fingerprint density at radius 1 is 1.47 bits per heavy atom. The van der Waals surface area contributed by atoms with Crippen molar-refractivity contribution in [2.75, 3.05) is 13.7 Å². The van der Waals surface area contributed by atoms with Crippen LogP contribution < -0.4 is 4.74 Å². The topological polar surface area (TPSA) is 35.5 Å². The van der Waals surface area contributed by atoms with Gasteiger partial charge in [0.2, 0.25) is 0 Å². The van der Waals surface area contributed by atoms with Crippen LogP contribution in [-0.4, -0.2) is 19.7 Å². The second kappa shape index (κ2) is 5.06. The standard InChI is InChI=1S/C12H11BrO3S/c1-3-16-12(14)10-6-7-9(17-10)5-4-8(15-2)11(7)13/h4-6H,3H2,1-2H3. The number of hydrogen-bond donors (Lipinski definition) is 0. The lowest BCUT2D eigenvalue weighted by Gasteiger charge is -2.02. The number of thiophene rings is 1. The van der Waals surface area contributed by atoms with Gasteiger partial charge in [-0.25, -0.2) is 4.79 Å². The Labute approximate surface area is 111 Å². The molecule has 0 radical (unpaired) electrons. The van der Waals surface area contributed by atoms with E-state index < -0.39 is 0 Å². The predicted octanol–water partition coefficient (Wildman–Crippen LogP) is 3.85. The number of hydrogen-bond acceptors (Lipinski definition) is 4. The number of halogens is 1. The monoisotopic (exact) mass is 314 g/mol. The maximum absolute atomic E-state index is 11.6. The lowest BCUT2D eigenvalue weighted by atomic mass is 10.2. The molecule has 17 heavy (non-hydrogen) atoms. The lowest BCUT2D eigenvalue weighted by Crippen LogP contribution is -2.01. The highest BCUT2D eigenvalue weighted by atomic mass is 79.9. The van der Waals surface area contributed by atoms with Crippen LogP contribution in [-0.2, 0) is 4.74 Å². The Morgan fingerprint density at radius 3 is 2.88 bits per heavy atom. The number of ether oxygens (including phenoxy) is 2. The van der Waals surface area contributed by atoms with Crippen molar-refractivity contribution >= 4 is 43.3 Å². The van der Waals surface area contributed by atoms with Gasteiger partial charge in [0.05, 0.1) is 18.2 Å². The summed E-state index contributed by atoms with van der Waals surface area (Å²) in [7, 11) is 1.62.